The van der Waals surface area contributed by atoms with E-state index in [0.717, 1.165) is 29.4 Å². The molecule has 2 rings (SSSR count). The van der Waals surface area contributed by atoms with Crippen molar-refractivity contribution in [3.05, 3.63) is 22.2 Å². The molecule has 0 aliphatic carbocycles. The van der Waals surface area contributed by atoms with Crippen molar-refractivity contribution in [1.29, 1.82) is 0 Å². The van der Waals surface area contributed by atoms with Gasteiger partial charge in [0.2, 0.25) is 0 Å². The second-order valence-corrected chi connectivity index (χ2v) is 5.23. The summed E-state index contributed by atoms with van der Waals surface area (Å²) >= 11 is 3.48. The zero-order valence-electron chi connectivity index (χ0n) is 10.6. The van der Waals surface area contributed by atoms with Crippen LogP contribution in [0, 0.1) is 0 Å². The van der Waals surface area contributed by atoms with Crippen LogP contribution in [0.25, 0.3) is 0 Å². The molecule has 2 unspecified atom stereocenters. The average molecular weight is 316 g/mol. The average Bonchev–Trinajstić information content (AvgIpc) is 2.91. The highest BCUT2D eigenvalue weighted by molar-refractivity contribution is 9.10. The maximum absolute atomic E-state index is 10.4. The van der Waals surface area contributed by atoms with Crippen LogP contribution in [0.2, 0.25) is 0 Å². The molecule has 0 bridgehead atoms. The molecule has 0 saturated carbocycles. The number of halogens is 1. The van der Waals surface area contributed by atoms with E-state index in [1.54, 1.807) is 14.2 Å². The Morgan fingerprint density at radius 2 is 2.00 bits per heavy atom. The topological polar surface area (TPSA) is 50.7 Å². The summed E-state index contributed by atoms with van der Waals surface area (Å²) in [7, 11) is 3.19. The largest absolute Gasteiger partial charge is 0.493 e. The molecular formula is C13H18BrNO3. The van der Waals surface area contributed by atoms with Gasteiger partial charge in [0.25, 0.3) is 0 Å². The van der Waals surface area contributed by atoms with Crippen LogP contribution in [0.1, 0.15) is 24.5 Å². The summed E-state index contributed by atoms with van der Waals surface area (Å²) < 4.78 is 11.3. The lowest BCUT2D eigenvalue weighted by atomic mass is 10.0. The third kappa shape index (κ3) is 2.63. The van der Waals surface area contributed by atoms with E-state index >= 15 is 0 Å². The molecule has 2 atom stereocenters. The van der Waals surface area contributed by atoms with Gasteiger partial charge in [-0.05, 0) is 31.5 Å². The molecular weight excluding hydrogens is 298 g/mol. The predicted octanol–water partition coefficient (Wildman–Crippen LogP) is 2.25. The van der Waals surface area contributed by atoms with Gasteiger partial charge in [-0.2, -0.15) is 0 Å². The number of rotatable bonds is 4. The molecule has 1 heterocycles. The zero-order valence-corrected chi connectivity index (χ0v) is 12.2. The normalized spacial score (nSPS) is 20.8. The van der Waals surface area contributed by atoms with E-state index in [1.165, 1.54) is 0 Å². The maximum atomic E-state index is 10.4. The number of nitrogens with one attached hydrogen (secondary N) is 1. The Morgan fingerprint density at radius 3 is 2.56 bits per heavy atom. The first-order valence-corrected chi connectivity index (χ1v) is 6.79. The van der Waals surface area contributed by atoms with Crippen molar-refractivity contribution in [3.63, 3.8) is 0 Å². The number of aliphatic hydroxyl groups is 1. The highest BCUT2D eigenvalue weighted by Gasteiger charge is 2.26. The Bertz CT molecular complexity index is 419. The number of hydrogen-bond donors (Lipinski definition) is 2. The summed E-state index contributed by atoms with van der Waals surface area (Å²) in [6.07, 6.45) is 1.55. The van der Waals surface area contributed by atoms with Gasteiger partial charge in [-0.15, -0.1) is 0 Å². The Labute approximate surface area is 115 Å². The summed E-state index contributed by atoms with van der Waals surface area (Å²) in [6.45, 7) is 0.965. The zero-order chi connectivity index (χ0) is 13.1. The van der Waals surface area contributed by atoms with Crippen molar-refractivity contribution in [2.75, 3.05) is 20.8 Å². The lowest BCUT2D eigenvalue weighted by Crippen LogP contribution is -2.28. The molecule has 1 aromatic rings. The number of ether oxygens (including phenoxy) is 2. The van der Waals surface area contributed by atoms with Crippen molar-refractivity contribution in [1.82, 2.24) is 5.32 Å². The first-order valence-electron chi connectivity index (χ1n) is 6.00. The van der Waals surface area contributed by atoms with E-state index in [-0.39, 0.29) is 6.04 Å². The van der Waals surface area contributed by atoms with Gasteiger partial charge in [0.15, 0.2) is 11.5 Å². The number of methoxy groups -OCH3 is 2. The van der Waals surface area contributed by atoms with Crippen molar-refractivity contribution in [2.45, 2.75) is 25.0 Å². The van der Waals surface area contributed by atoms with Crippen LogP contribution in [0.4, 0.5) is 0 Å². The first kappa shape index (κ1) is 13.6. The van der Waals surface area contributed by atoms with Crippen molar-refractivity contribution in [2.24, 2.45) is 0 Å². The van der Waals surface area contributed by atoms with Crippen LogP contribution >= 0.6 is 15.9 Å². The number of hydrogen-bond acceptors (Lipinski definition) is 4. The molecule has 1 saturated heterocycles. The molecule has 2 N–H and O–H groups in total. The summed E-state index contributed by atoms with van der Waals surface area (Å²) in [4.78, 5) is 0. The van der Waals surface area contributed by atoms with E-state index < -0.39 is 6.10 Å². The Kier molecular flexibility index (Phi) is 4.48. The van der Waals surface area contributed by atoms with E-state index in [0.29, 0.717) is 11.5 Å². The van der Waals surface area contributed by atoms with Gasteiger partial charge in [-0.3, -0.25) is 0 Å². The monoisotopic (exact) mass is 315 g/mol. The van der Waals surface area contributed by atoms with Crippen LogP contribution in [0.15, 0.2) is 16.6 Å². The van der Waals surface area contributed by atoms with E-state index in [4.69, 9.17) is 9.47 Å². The predicted molar refractivity (Wildman–Crippen MR) is 73.2 cm³/mol. The second kappa shape index (κ2) is 5.91. The first-order chi connectivity index (χ1) is 8.67. The van der Waals surface area contributed by atoms with Crippen molar-refractivity contribution in [3.8, 4) is 11.5 Å². The molecule has 0 amide bonds. The molecule has 18 heavy (non-hydrogen) atoms. The minimum atomic E-state index is -0.540. The molecule has 4 nitrogen and oxygen atoms in total. The summed E-state index contributed by atoms with van der Waals surface area (Å²) in [5.74, 6) is 1.28. The van der Waals surface area contributed by atoms with Crippen LogP contribution in [-0.2, 0) is 0 Å². The fraction of sp³-hybridized carbons (Fsp3) is 0.538. The van der Waals surface area contributed by atoms with E-state index in [1.807, 2.05) is 12.1 Å². The highest BCUT2D eigenvalue weighted by atomic mass is 79.9. The highest BCUT2D eigenvalue weighted by Crippen LogP contribution is 2.37. The van der Waals surface area contributed by atoms with Crippen LogP contribution in [0.3, 0.4) is 0 Å². The fourth-order valence-electron chi connectivity index (χ4n) is 2.29. The maximum Gasteiger partial charge on any atom is 0.161 e. The molecule has 0 aromatic heterocycles. The second-order valence-electron chi connectivity index (χ2n) is 4.38. The van der Waals surface area contributed by atoms with Gasteiger partial charge < -0.3 is 19.9 Å². The third-order valence-corrected chi connectivity index (χ3v) is 3.99. The van der Waals surface area contributed by atoms with Gasteiger partial charge in [0.05, 0.1) is 20.3 Å². The minimum Gasteiger partial charge on any atom is -0.493 e. The Morgan fingerprint density at radius 1 is 1.33 bits per heavy atom. The molecule has 5 heteroatoms. The fourth-order valence-corrected chi connectivity index (χ4v) is 2.85. The number of aliphatic hydroxyl groups excluding tert-OH is 1. The third-order valence-electron chi connectivity index (χ3n) is 3.30. The summed E-state index contributed by atoms with van der Waals surface area (Å²) in [6, 6.07) is 3.76. The van der Waals surface area contributed by atoms with Crippen molar-refractivity contribution < 1.29 is 14.6 Å². The van der Waals surface area contributed by atoms with E-state index in [9.17, 15) is 5.11 Å². The van der Waals surface area contributed by atoms with Crippen molar-refractivity contribution >= 4 is 15.9 Å². The standard InChI is InChI=1S/C13H18BrNO3/c1-17-11-6-8(9(14)7-12(11)18-2)13(16)10-4-3-5-15-10/h6-7,10,13,15-16H,3-5H2,1-2H3. The van der Waals surface area contributed by atoms with Gasteiger partial charge in [-0.25, -0.2) is 0 Å². The van der Waals surface area contributed by atoms with Gasteiger partial charge in [0.1, 0.15) is 0 Å². The molecule has 1 fully saturated rings. The summed E-state index contributed by atoms with van der Waals surface area (Å²) in [5, 5.41) is 13.7. The Balaban J connectivity index is 2.31. The van der Waals surface area contributed by atoms with Crippen LogP contribution < -0.4 is 14.8 Å². The minimum absolute atomic E-state index is 0.111. The number of benzene rings is 1. The molecule has 0 spiro atoms. The molecule has 0 radical (unpaired) electrons. The SMILES string of the molecule is COc1cc(Br)c(C(O)C2CCCN2)cc1OC. The Hall–Kier alpha value is -0.780. The molecule has 1 aliphatic rings. The van der Waals surface area contributed by atoms with Crippen LogP contribution in [0.5, 0.6) is 11.5 Å². The van der Waals surface area contributed by atoms with E-state index in [2.05, 4.69) is 21.2 Å². The molecule has 1 aliphatic heterocycles. The lowest BCUT2D eigenvalue weighted by molar-refractivity contribution is 0.136. The molecule has 1 aromatic carbocycles. The summed E-state index contributed by atoms with van der Waals surface area (Å²) in [5.41, 5.74) is 0.826. The lowest BCUT2D eigenvalue weighted by Gasteiger charge is -2.21. The van der Waals surface area contributed by atoms with Gasteiger partial charge in [0, 0.05) is 16.1 Å². The quantitative estimate of drug-likeness (QED) is 0.895. The molecule has 100 valence electrons. The van der Waals surface area contributed by atoms with Gasteiger partial charge >= 0.3 is 0 Å². The smallest absolute Gasteiger partial charge is 0.161 e. The van der Waals surface area contributed by atoms with Gasteiger partial charge in [-0.1, -0.05) is 15.9 Å². The van der Waals surface area contributed by atoms with Crippen LogP contribution in [-0.4, -0.2) is 31.9 Å².